The van der Waals surface area contributed by atoms with Gasteiger partial charge in [0, 0.05) is 6.54 Å². The Morgan fingerprint density at radius 2 is 2.00 bits per heavy atom. The second-order valence-corrected chi connectivity index (χ2v) is 6.48. The van der Waals surface area contributed by atoms with Crippen molar-refractivity contribution in [3.8, 4) is 5.75 Å². The molecule has 1 saturated heterocycles. The molecule has 1 fully saturated rings. The van der Waals surface area contributed by atoms with Crippen molar-refractivity contribution in [3.05, 3.63) is 23.8 Å². The summed E-state index contributed by atoms with van der Waals surface area (Å²) in [6.07, 6.45) is 1.47. The first kappa shape index (κ1) is 14.6. The number of benzene rings is 1. The van der Waals surface area contributed by atoms with Crippen LogP contribution in [0.3, 0.4) is 0 Å². The number of esters is 1. The number of nitrogens with zero attached hydrogens (tertiary/aromatic N) is 1. The Hall–Kier alpha value is -1.76. The van der Waals surface area contributed by atoms with E-state index in [0.717, 1.165) is 6.42 Å². The van der Waals surface area contributed by atoms with Gasteiger partial charge in [-0.25, -0.2) is 13.2 Å². The molecule has 2 rings (SSSR count). The molecule has 0 aromatic heterocycles. The summed E-state index contributed by atoms with van der Waals surface area (Å²) in [5, 5.41) is 0. The van der Waals surface area contributed by atoms with Crippen molar-refractivity contribution in [2.75, 3.05) is 30.8 Å². The van der Waals surface area contributed by atoms with Crippen LogP contribution in [0.4, 0.5) is 5.69 Å². The van der Waals surface area contributed by atoms with Gasteiger partial charge in [-0.2, -0.15) is 0 Å². The lowest BCUT2D eigenvalue weighted by Gasteiger charge is -2.28. The van der Waals surface area contributed by atoms with Crippen molar-refractivity contribution in [2.45, 2.75) is 12.8 Å². The molecule has 0 unspecified atom stereocenters. The first-order chi connectivity index (χ1) is 9.49. The van der Waals surface area contributed by atoms with Crippen LogP contribution in [0.2, 0.25) is 0 Å². The minimum Gasteiger partial charge on any atom is -0.496 e. The van der Waals surface area contributed by atoms with Crippen molar-refractivity contribution in [1.82, 2.24) is 0 Å². The molecule has 1 aromatic carbocycles. The lowest BCUT2D eigenvalue weighted by Crippen LogP contribution is -2.37. The summed E-state index contributed by atoms with van der Waals surface area (Å²) in [5.41, 5.74) is 0.680. The third-order valence-electron chi connectivity index (χ3n) is 3.23. The fourth-order valence-electron chi connectivity index (χ4n) is 2.20. The van der Waals surface area contributed by atoms with Gasteiger partial charge in [-0.05, 0) is 31.0 Å². The molecule has 1 aliphatic heterocycles. The average Bonchev–Trinajstić information content (AvgIpc) is 2.45. The molecular formula is C13H17NO5S. The number of anilines is 1. The molecule has 0 radical (unpaired) electrons. The Kier molecular flexibility index (Phi) is 4.17. The van der Waals surface area contributed by atoms with Crippen molar-refractivity contribution in [3.63, 3.8) is 0 Å². The minimum absolute atomic E-state index is 0.132. The molecule has 0 atom stereocenters. The minimum atomic E-state index is -3.30. The van der Waals surface area contributed by atoms with E-state index in [1.54, 1.807) is 12.1 Å². The molecule has 0 spiro atoms. The van der Waals surface area contributed by atoms with E-state index >= 15 is 0 Å². The third-order valence-corrected chi connectivity index (χ3v) is 5.10. The normalized spacial score (nSPS) is 17.6. The van der Waals surface area contributed by atoms with Crippen LogP contribution >= 0.6 is 0 Å². The molecule has 20 heavy (non-hydrogen) atoms. The van der Waals surface area contributed by atoms with Crippen molar-refractivity contribution in [1.29, 1.82) is 0 Å². The molecular weight excluding hydrogens is 282 g/mol. The van der Waals surface area contributed by atoms with Gasteiger partial charge >= 0.3 is 5.97 Å². The van der Waals surface area contributed by atoms with Gasteiger partial charge in [0.15, 0.2) is 0 Å². The number of ether oxygens (including phenoxy) is 2. The van der Waals surface area contributed by atoms with Gasteiger partial charge < -0.3 is 9.47 Å². The van der Waals surface area contributed by atoms with Gasteiger partial charge in [-0.1, -0.05) is 0 Å². The SMILES string of the molecule is COC(=O)c1cc(N2CCCCS2(=O)=O)ccc1OC. The summed E-state index contributed by atoms with van der Waals surface area (Å²) >= 11 is 0. The van der Waals surface area contributed by atoms with Gasteiger partial charge in [-0.3, -0.25) is 4.31 Å². The number of methoxy groups -OCH3 is 2. The molecule has 0 amide bonds. The Bertz CT molecular complexity index is 611. The lowest BCUT2D eigenvalue weighted by atomic mass is 10.1. The highest BCUT2D eigenvalue weighted by molar-refractivity contribution is 7.92. The van der Waals surface area contributed by atoms with E-state index in [4.69, 9.17) is 4.74 Å². The molecule has 1 aromatic rings. The van der Waals surface area contributed by atoms with E-state index in [0.29, 0.717) is 24.4 Å². The molecule has 0 aliphatic carbocycles. The Morgan fingerprint density at radius 1 is 1.25 bits per heavy atom. The largest absolute Gasteiger partial charge is 0.496 e. The fourth-order valence-corrected chi connectivity index (χ4v) is 3.83. The zero-order valence-electron chi connectivity index (χ0n) is 11.5. The highest BCUT2D eigenvalue weighted by Crippen LogP contribution is 2.29. The molecule has 6 nitrogen and oxygen atoms in total. The number of carbonyl (C=O) groups excluding carboxylic acids is 1. The number of sulfonamides is 1. The molecule has 110 valence electrons. The molecule has 1 heterocycles. The molecule has 0 bridgehead atoms. The monoisotopic (exact) mass is 299 g/mol. The van der Waals surface area contributed by atoms with Crippen molar-refractivity contribution in [2.24, 2.45) is 0 Å². The van der Waals surface area contributed by atoms with Gasteiger partial charge in [0.2, 0.25) is 10.0 Å². The average molecular weight is 299 g/mol. The zero-order chi connectivity index (χ0) is 14.8. The maximum atomic E-state index is 12.1. The Morgan fingerprint density at radius 3 is 2.60 bits per heavy atom. The predicted molar refractivity (Wildman–Crippen MR) is 74.7 cm³/mol. The van der Waals surface area contributed by atoms with Crippen LogP contribution in [-0.4, -0.2) is 40.9 Å². The predicted octanol–water partition coefficient (Wildman–Crippen LogP) is 1.41. The van der Waals surface area contributed by atoms with Crippen LogP contribution in [0, 0.1) is 0 Å². The zero-order valence-corrected chi connectivity index (χ0v) is 12.3. The van der Waals surface area contributed by atoms with E-state index in [1.807, 2.05) is 0 Å². The topological polar surface area (TPSA) is 72.9 Å². The maximum Gasteiger partial charge on any atom is 0.341 e. The first-order valence-electron chi connectivity index (χ1n) is 6.26. The fraction of sp³-hybridized carbons (Fsp3) is 0.462. The van der Waals surface area contributed by atoms with Crippen LogP contribution in [-0.2, 0) is 14.8 Å². The number of hydrogen-bond donors (Lipinski definition) is 0. The second kappa shape index (κ2) is 5.70. The van der Waals surface area contributed by atoms with Crippen LogP contribution in [0.25, 0.3) is 0 Å². The summed E-state index contributed by atoms with van der Waals surface area (Å²) in [4.78, 5) is 11.7. The molecule has 7 heteroatoms. The van der Waals surface area contributed by atoms with Crippen LogP contribution < -0.4 is 9.04 Å². The highest BCUT2D eigenvalue weighted by atomic mass is 32.2. The Balaban J connectivity index is 2.45. The van der Waals surface area contributed by atoms with Crippen LogP contribution in [0.5, 0.6) is 5.75 Å². The Labute approximate surface area is 118 Å². The summed E-state index contributed by atoms with van der Waals surface area (Å²) in [5.74, 6) is -0.0693. The van der Waals surface area contributed by atoms with Gasteiger partial charge in [0.05, 0.1) is 25.7 Å². The molecule has 0 N–H and O–H groups in total. The number of carbonyl (C=O) groups is 1. The molecule has 0 saturated carbocycles. The van der Waals surface area contributed by atoms with Crippen LogP contribution in [0.15, 0.2) is 18.2 Å². The van der Waals surface area contributed by atoms with Crippen molar-refractivity contribution < 1.29 is 22.7 Å². The van der Waals surface area contributed by atoms with Crippen molar-refractivity contribution >= 4 is 21.7 Å². The lowest BCUT2D eigenvalue weighted by molar-refractivity contribution is 0.0597. The summed E-state index contributed by atoms with van der Waals surface area (Å²) in [7, 11) is -0.591. The highest BCUT2D eigenvalue weighted by Gasteiger charge is 2.27. The maximum absolute atomic E-state index is 12.1. The van der Waals surface area contributed by atoms with E-state index in [-0.39, 0.29) is 11.3 Å². The number of hydrogen-bond acceptors (Lipinski definition) is 5. The van der Waals surface area contributed by atoms with E-state index in [1.165, 1.54) is 24.6 Å². The first-order valence-corrected chi connectivity index (χ1v) is 7.87. The van der Waals surface area contributed by atoms with Crippen LogP contribution in [0.1, 0.15) is 23.2 Å². The summed E-state index contributed by atoms with van der Waals surface area (Å²) < 4.78 is 35.2. The summed E-state index contributed by atoms with van der Waals surface area (Å²) in [6, 6.07) is 4.70. The van der Waals surface area contributed by atoms with Gasteiger partial charge in [0.1, 0.15) is 11.3 Å². The number of rotatable bonds is 3. The quantitative estimate of drug-likeness (QED) is 0.789. The third kappa shape index (κ3) is 2.72. The smallest absolute Gasteiger partial charge is 0.341 e. The van der Waals surface area contributed by atoms with E-state index in [2.05, 4.69) is 4.74 Å². The standard InChI is InChI=1S/C13H17NO5S/c1-18-12-6-5-10(9-11(12)13(15)19-2)14-7-3-4-8-20(14,16)17/h5-6,9H,3-4,7-8H2,1-2H3. The van der Waals surface area contributed by atoms with E-state index in [9.17, 15) is 13.2 Å². The van der Waals surface area contributed by atoms with Gasteiger partial charge in [0.25, 0.3) is 0 Å². The summed E-state index contributed by atoms with van der Waals surface area (Å²) in [6.45, 7) is 0.426. The van der Waals surface area contributed by atoms with Gasteiger partial charge in [-0.15, -0.1) is 0 Å². The second-order valence-electron chi connectivity index (χ2n) is 4.47. The molecule has 1 aliphatic rings. The van der Waals surface area contributed by atoms with E-state index < -0.39 is 16.0 Å².